The predicted octanol–water partition coefficient (Wildman–Crippen LogP) is 1.53. The Labute approximate surface area is 119 Å². The van der Waals surface area contributed by atoms with Gasteiger partial charge in [0.2, 0.25) is 17.7 Å². The predicted molar refractivity (Wildman–Crippen MR) is 74.7 cm³/mol. The molecule has 1 aliphatic carbocycles. The minimum absolute atomic E-state index is 0.0185. The van der Waals surface area contributed by atoms with E-state index in [9.17, 15) is 14.4 Å². The number of piperidine rings is 1. The van der Waals surface area contributed by atoms with Gasteiger partial charge in [-0.15, -0.1) is 0 Å². The Morgan fingerprint density at radius 2 is 1.85 bits per heavy atom. The van der Waals surface area contributed by atoms with Crippen molar-refractivity contribution in [1.29, 1.82) is 0 Å². The van der Waals surface area contributed by atoms with Crippen molar-refractivity contribution < 1.29 is 14.4 Å². The molecule has 2 rings (SSSR count). The van der Waals surface area contributed by atoms with E-state index in [0.717, 1.165) is 19.3 Å². The zero-order chi connectivity index (χ0) is 14.4. The van der Waals surface area contributed by atoms with E-state index in [1.165, 1.54) is 16.9 Å². The highest BCUT2D eigenvalue weighted by Crippen LogP contribution is 2.19. The van der Waals surface area contributed by atoms with Gasteiger partial charge in [0, 0.05) is 32.4 Å². The molecule has 0 aromatic heterocycles. The van der Waals surface area contributed by atoms with Crippen molar-refractivity contribution in [1.82, 2.24) is 10.2 Å². The second-order valence-corrected chi connectivity index (χ2v) is 5.43. The van der Waals surface area contributed by atoms with Gasteiger partial charge in [0.1, 0.15) is 0 Å². The molecule has 3 amide bonds. The SMILES string of the molecule is O=C(CC1=CCCCC1)NCCN1C(=O)CCCC1=O. The molecule has 1 N–H and O–H groups in total. The molecule has 5 nitrogen and oxygen atoms in total. The average Bonchev–Trinajstić information content (AvgIpc) is 2.43. The lowest BCUT2D eigenvalue weighted by molar-refractivity contribution is -0.148. The third-order valence-corrected chi connectivity index (χ3v) is 3.81. The highest BCUT2D eigenvalue weighted by Gasteiger charge is 2.25. The second-order valence-electron chi connectivity index (χ2n) is 5.43. The molecule has 1 aliphatic heterocycles. The van der Waals surface area contributed by atoms with Crippen LogP contribution in [-0.4, -0.2) is 35.7 Å². The number of nitrogens with zero attached hydrogens (tertiary/aromatic N) is 1. The lowest BCUT2D eigenvalue weighted by Gasteiger charge is -2.24. The smallest absolute Gasteiger partial charge is 0.229 e. The number of likely N-dealkylation sites (tertiary alicyclic amines) is 1. The average molecular weight is 278 g/mol. The molecule has 20 heavy (non-hydrogen) atoms. The van der Waals surface area contributed by atoms with Gasteiger partial charge in [0.25, 0.3) is 0 Å². The molecule has 1 saturated heterocycles. The molecule has 0 spiro atoms. The molecule has 0 aromatic carbocycles. The number of carbonyl (C=O) groups is 3. The Morgan fingerprint density at radius 3 is 2.50 bits per heavy atom. The quantitative estimate of drug-likeness (QED) is 0.612. The summed E-state index contributed by atoms with van der Waals surface area (Å²) in [6.07, 6.45) is 8.58. The van der Waals surface area contributed by atoms with Crippen LogP contribution < -0.4 is 5.32 Å². The number of amides is 3. The summed E-state index contributed by atoms with van der Waals surface area (Å²) in [4.78, 5) is 36.2. The van der Waals surface area contributed by atoms with Crippen LogP contribution in [0.5, 0.6) is 0 Å². The van der Waals surface area contributed by atoms with E-state index in [4.69, 9.17) is 0 Å². The van der Waals surface area contributed by atoms with Crippen LogP contribution in [0, 0.1) is 0 Å². The summed E-state index contributed by atoms with van der Waals surface area (Å²) >= 11 is 0. The van der Waals surface area contributed by atoms with Crippen molar-refractivity contribution in [3.63, 3.8) is 0 Å². The number of imide groups is 1. The van der Waals surface area contributed by atoms with Gasteiger partial charge in [-0.3, -0.25) is 19.3 Å². The molecule has 0 atom stereocenters. The first kappa shape index (κ1) is 14.8. The Balaban J connectivity index is 1.69. The van der Waals surface area contributed by atoms with E-state index in [2.05, 4.69) is 11.4 Å². The topological polar surface area (TPSA) is 66.5 Å². The van der Waals surface area contributed by atoms with Crippen LogP contribution in [0.15, 0.2) is 11.6 Å². The van der Waals surface area contributed by atoms with E-state index in [0.29, 0.717) is 38.8 Å². The fourth-order valence-corrected chi connectivity index (χ4v) is 2.69. The Bertz CT molecular complexity index is 413. The molecule has 1 fully saturated rings. The van der Waals surface area contributed by atoms with Crippen molar-refractivity contribution in [3.8, 4) is 0 Å². The minimum Gasteiger partial charge on any atom is -0.354 e. The highest BCUT2D eigenvalue weighted by atomic mass is 16.2. The molecule has 0 aromatic rings. The summed E-state index contributed by atoms with van der Waals surface area (Å²) in [5.74, 6) is -0.258. The van der Waals surface area contributed by atoms with E-state index in [-0.39, 0.29) is 17.7 Å². The zero-order valence-corrected chi connectivity index (χ0v) is 11.8. The molecular formula is C15H22N2O3. The maximum Gasteiger partial charge on any atom is 0.229 e. The normalized spacial score (nSPS) is 19.8. The summed E-state index contributed by atoms with van der Waals surface area (Å²) in [5.41, 5.74) is 1.21. The van der Waals surface area contributed by atoms with Crippen LogP contribution >= 0.6 is 0 Å². The number of rotatable bonds is 5. The minimum atomic E-state index is -0.120. The van der Waals surface area contributed by atoms with Gasteiger partial charge in [-0.25, -0.2) is 0 Å². The molecule has 1 heterocycles. The van der Waals surface area contributed by atoms with Gasteiger partial charge in [-0.1, -0.05) is 11.6 Å². The van der Waals surface area contributed by atoms with Crippen LogP contribution in [0.4, 0.5) is 0 Å². The monoisotopic (exact) mass is 278 g/mol. The Hall–Kier alpha value is -1.65. The van der Waals surface area contributed by atoms with Crippen molar-refractivity contribution in [2.75, 3.05) is 13.1 Å². The fraction of sp³-hybridized carbons (Fsp3) is 0.667. The van der Waals surface area contributed by atoms with Crippen molar-refractivity contribution in [2.45, 2.75) is 51.4 Å². The summed E-state index contributed by atoms with van der Waals surface area (Å²) in [5, 5.41) is 2.79. The van der Waals surface area contributed by atoms with Gasteiger partial charge in [0.05, 0.1) is 0 Å². The van der Waals surface area contributed by atoms with Gasteiger partial charge >= 0.3 is 0 Å². The molecule has 0 radical (unpaired) electrons. The zero-order valence-electron chi connectivity index (χ0n) is 11.8. The fourth-order valence-electron chi connectivity index (χ4n) is 2.69. The van der Waals surface area contributed by atoms with Crippen LogP contribution in [0.1, 0.15) is 51.4 Å². The van der Waals surface area contributed by atoms with Gasteiger partial charge < -0.3 is 5.32 Å². The molecule has 2 aliphatic rings. The number of carbonyl (C=O) groups excluding carboxylic acids is 3. The second kappa shape index (κ2) is 7.22. The number of nitrogens with one attached hydrogen (secondary N) is 1. The maximum atomic E-state index is 11.8. The highest BCUT2D eigenvalue weighted by molar-refractivity contribution is 5.97. The van der Waals surface area contributed by atoms with Crippen molar-refractivity contribution in [2.24, 2.45) is 0 Å². The lowest BCUT2D eigenvalue weighted by Crippen LogP contribution is -2.44. The van der Waals surface area contributed by atoms with Crippen LogP contribution in [0.3, 0.4) is 0 Å². The van der Waals surface area contributed by atoms with Crippen molar-refractivity contribution >= 4 is 17.7 Å². The Morgan fingerprint density at radius 1 is 1.10 bits per heavy atom. The molecule has 0 bridgehead atoms. The molecule has 0 saturated carbocycles. The summed E-state index contributed by atoms with van der Waals surface area (Å²) < 4.78 is 0. The first-order valence-electron chi connectivity index (χ1n) is 7.44. The maximum absolute atomic E-state index is 11.8. The van der Waals surface area contributed by atoms with Crippen molar-refractivity contribution in [3.05, 3.63) is 11.6 Å². The van der Waals surface area contributed by atoms with Crippen LogP contribution in [-0.2, 0) is 14.4 Å². The lowest BCUT2D eigenvalue weighted by atomic mass is 9.97. The number of hydrogen-bond acceptors (Lipinski definition) is 3. The van der Waals surface area contributed by atoms with Crippen LogP contribution in [0.25, 0.3) is 0 Å². The van der Waals surface area contributed by atoms with Gasteiger partial charge in [-0.05, 0) is 32.1 Å². The standard InChI is InChI=1S/C15H22N2O3/c18-13(11-12-5-2-1-3-6-12)16-9-10-17-14(19)7-4-8-15(17)20/h5H,1-4,6-11H2,(H,16,18). The largest absolute Gasteiger partial charge is 0.354 e. The third kappa shape index (κ3) is 4.18. The molecule has 110 valence electrons. The molecule has 5 heteroatoms. The van der Waals surface area contributed by atoms with Crippen LogP contribution in [0.2, 0.25) is 0 Å². The summed E-state index contributed by atoms with van der Waals surface area (Å²) in [7, 11) is 0. The first-order valence-corrected chi connectivity index (χ1v) is 7.44. The van der Waals surface area contributed by atoms with Gasteiger partial charge in [-0.2, -0.15) is 0 Å². The van der Waals surface area contributed by atoms with E-state index in [1.54, 1.807) is 0 Å². The first-order chi connectivity index (χ1) is 9.66. The molecule has 0 unspecified atom stereocenters. The van der Waals surface area contributed by atoms with E-state index in [1.807, 2.05) is 0 Å². The van der Waals surface area contributed by atoms with E-state index >= 15 is 0 Å². The third-order valence-electron chi connectivity index (χ3n) is 3.81. The number of hydrogen-bond donors (Lipinski definition) is 1. The Kier molecular flexibility index (Phi) is 5.32. The van der Waals surface area contributed by atoms with Gasteiger partial charge in [0.15, 0.2) is 0 Å². The summed E-state index contributed by atoms with van der Waals surface area (Å²) in [6, 6.07) is 0. The van der Waals surface area contributed by atoms with E-state index < -0.39 is 0 Å². The summed E-state index contributed by atoms with van der Waals surface area (Å²) in [6.45, 7) is 0.645. The number of allylic oxidation sites excluding steroid dienone is 1. The molecular weight excluding hydrogens is 256 g/mol.